The summed E-state index contributed by atoms with van der Waals surface area (Å²) in [6, 6.07) is 8.25. The molecule has 7 heteroatoms. The highest BCUT2D eigenvalue weighted by Crippen LogP contribution is 2.35. The quantitative estimate of drug-likeness (QED) is 0.446. The van der Waals surface area contributed by atoms with E-state index in [4.69, 9.17) is 4.98 Å². The lowest BCUT2D eigenvalue weighted by molar-refractivity contribution is -0.119. The highest BCUT2D eigenvalue weighted by Gasteiger charge is 2.24. The summed E-state index contributed by atoms with van der Waals surface area (Å²) < 4.78 is 1.71. The third kappa shape index (κ3) is 4.17. The van der Waals surface area contributed by atoms with E-state index in [1.165, 1.54) is 41.5 Å². The van der Waals surface area contributed by atoms with Crippen LogP contribution in [0.5, 0.6) is 0 Å². The van der Waals surface area contributed by atoms with Crippen LogP contribution in [0.3, 0.4) is 0 Å². The summed E-state index contributed by atoms with van der Waals surface area (Å²) in [6.07, 6.45) is 8.79. The predicted molar refractivity (Wildman–Crippen MR) is 128 cm³/mol. The molecule has 1 aromatic carbocycles. The number of carbonyl (C=O) groups excluding carboxylic acids is 1. The maximum Gasteiger partial charge on any atom is 0.267 e. The minimum atomic E-state index is -0.00745. The molecule has 2 aromatic heterocycles. The zero-order valence-corrected chi connectivity index (χ0v) is 19.4. The van der Waals surface area contributed by atoms with E-state index in [2.05, 4.69) is 5.32 Å². The van der Waals surface area contributed by atoms with Crippen molar-refractivity contribution in [2.75, 3.05) is 5.75 Å². The van der Waals surface area contributed by atoms with Crippen LogP contribution in [0.25, 0.3) is 15.9 Å². The maximum absolute atomic E-state index is 13.7. The van der Waals surface area contributed by atoms with Crippen molar-refractivity contribution in [2.45, 2.75) is 69.5 Å². The summed E-state index contributed by atoms with van der Waals surface area (Å²) in [6.45, 7) is 2.03. The van der Waals surface area contributed by atoms with Crippen molar-refractivity contribution in [3.05, 3.63) is 50.6 Å². The molecule has 0 bridgehead atoms. The van der Waals surface area contributed by atoms with Gasteiger partial charge in [0.15, 0.2) is 5.16 Å². The van der Waals surface area contributed by atoms with Gasteiger partial charge >= 0.3 is 0 Å². The van der Waals surface area contributed by atoms with Gasteiger partial charge in [-0.15, -0.1) is 11.3 Å². The van der Waals surface area contributed by atoms with Crippen molar-refractivity contribution in [1.82, 2.24) is 14.9 Å². The van der Waals surface area contributed by atoms with Crippen LogP contribution in [-0.2, 0) is 17.6 Å². The first kappa shape index (κ1) is 20.8. The highest BCUT2D eigenvalue weighted by atomic mass is 32.2. The molecule has 162 valence electrons. The molecule has 1 N–H and O–H groups in total. The Kier molecular flexibility index (Phi) is 5.89. The second-order valence-corrected chi connectivity index (χ2v) is 10.6. The molecular formula is C24H27N3O2S2. The zero-order chi connectivity index (χ0) is 21.4. The molecule has 5 rings (SSSR count). The van der Waals surface area contributed by atoms with Gasteiger partial charge in [0.1, 0.15) is 4.83 Å². The number of aryl methyl sites for hydroxylation is 3. The Hall–Kier alpha value is -2.12. The number of thioether (sulfide) groups is 1. The van der Waals surface area contributed by atoms with E-state index in [0.717, 1.165) is 53.6 Å². The molecule has 0 aliphatic heterocycles. The van der Waals surface area contributed by atoms with E-state index in [1.807, 2.05) is 31.2 Å². The van der Waals surface area contributed by atoms with Gasteiger partial charge in [-0.2, -0.15) is 0 Å². The second kappa shape index (κ2) is 8.79. The van der Waals surface area contributed by atoms with Gasteiger partial charge in [-0.3, -0.25) is 14.2 Å². The summed E-state index contributed by atoms with van der Waals surface area (Å²) in [5, 5.41) is 4.51. The largest absolute Gasteiger partial charge is 0.353 e. The number of fused-ring (bicyclic) bond motifs is 3. The van der Waals surface area contributed by atoms with Crippen LogP contribution in [0.1, 0.15) is 54.5 Å². The molecule has 1 amide bonds. The molecule has 5 nitrogen and oxygen atoms in total. The van der Waals surface area contributed by atoms with Crippen molar-refractivity contribution in [3.63, 3.8) is 0 Å². The van der Waals surface area contributed by atoms with Crippen molar-refractivity contribution in [2.24, 2.45) is 0 Å². The van der Waals surface area contributed by atoms with E-state index in [9.17, 15) is 9.59 Å². The summed E-state index contributed by atoms with van der Waals surface area (Å²) in [7, 11) is 0. The van der Waals surface area contributed by atoms with Gasteiger partial charge in [-0.1, -0.05) is 42.3 Å². The van der Waals surface area contributed by atoms with Crippen molar-refractivity contribution >= 4 is 39.2 Å². The lowest BCUT2D eigenvalue weighted by atomic mass is 9.97. The number of amides is 1. The van der Waals surface area contributed by atoms with Crippen LogP contribution in [0.2, 0.25) is 0 Å². The fourth-order valence-corrected chi connectivity index (χ4v) is 6.80. The number of nitrogens with one attached hydrogen (secondary N) is 1. The molecule has 0 saturated heterocycles. The molecular weight excluding hydrogens is 426 g/mol. The number of rotatable bonds is 5. The number of aromatic nitrogens is 2. The molecule has 2 aliphatic rings. The van der Waals surface area contributed by atoms with Crippen molar-refractivity contribution < 1.29 is 4.79 Å². The normalized spacial score (nSPS) is 16.5. The number of nitrogens with zero attached hydrogens (tertiary/aromatic N) is 2. The Bertz CT molecular complexity index is 1170. The van der Waals surface area contributed by atoms with E-state index in [1.54, 1.807) is 15.9 Å². The van der Waals surface area contributed by atoms with Crippen LogP contribution in [0.4, 0.5) is 0 Å². The van der Waals surface area contributed by atoms with Crippen LogP contribution < -0.4 is 10.9 Å². The first-order chi connectivity index (χ1) is 15.1. The smallest absolute Gasteiger partial charge is 0.267 e. The lowest BCUT2D eigenvalue weighted by Gasteiger charge is -2.15. The Morgan fingerprint density at radius 2 is 1.90 bits per heavy atom. The fourth-order valence-electron chi connectivity index (χ4n) is 4.67. The van der Waals surface area contributed by atoms with Gasteiger partial charge in [0, 0.05) is 10.9 Å². The standard InChI is InChI=1S/C24H27N3O2S2/c1-15-10-12-17(13-11-15)27-23(29)21-18-8-4-5-9-19(18)31-22(21)26-24(27)30-14-20(28)25-16-6-2-3-7-16/h10-13,16H,2-9,14H2,1H3,(H,25,28). The van der Waals surface area contributed by atoms with Gasteiger partial charge in [0.25, 0.3) is 5.56 Å². The number of hydrogen-bond acceptors (Lipinski definition) is 5. The van der Waals surface area contributed by atoms with E-state index in [0.29, 0.717) is 11.2 Å². The monoisotopic (exact) mass is 453 g/mol. The van der Waals surface area contributed by atoms with Gasteiger partial charge in [-0.05, 0) is 63.1 Å². The molecule has 1 fully saturated rings. The van der Waals surface area contributed by atoms with E-state index in [-0.39, 0.29) is 17.2 Å². The van der Waals surface area contributed by atoms with Gasteiger partial charge in [-0.25, -0.2) is 4.98 Å². The number of benzene rings is 1. The minimum absolute atomic E-state index is 0.00745. The van der Waals surface area contributed by atoms with Crippen molar-refractivity contribution in [3.8, 4) is 5.69 Å². The number of carbonyl (C=O) groups is 1. The molecule has 0 unspecified atom stereocenters. The Morgan fingerprint density at radius 3 is 2.68 bits per heavy atom. The number of hydrogen-bond donors (Lipinski definition) is 1. The molecule has 1 saturated carbocycles. The molecule has 0 atom stereocenters. The highest BCUT2D eigenvalue weighted by molar-refractivity contribution is 7.99. The summed E-state index contributed by atoms with van der Waals surface area (Å²) in [5.41, 5.74) is 3.13. The number of thiophene rings is 1. The first-order valence-corrected chi connectivity index (χ1v) is 13.0. The molecule has 0 spiro atoms. The lowest BCUT2D eigenvalue weighted by Crippen LogP contribution is -2.34. The fraction of sp³-hybridized carbons (Fsp3) is 0.458. The first-order valence-electron chi connectivity index (χ1n) is 11.2. The van der Waals surface area contributed by atoms with Crippen LogP contribution in [0.15, 0.2) is 34.2 Å². The van der Waals surface area contributed by atoms with Crippen molar-refractivity contribution in [1.29, 1.82) is 0 Å². The molecule has 2 aliphatic carbocycles. The van der Waals surface area contributed by atoms with Gasteiger partial charge in [0.2, 0.25) is 5.91 Å². The summed E-state index contributed by atoms with van der Waals surface area (Å²) >= 11 is 3.02. The predicted octanol–water partition coefficient (Wildman–Crippen LogP) is 4.79. The molecule has 0 radical (unpaired) electrons. The average Bonchev–Trinajstić information content (AvgIpc) is 3.40. The van der Waals surface area contributed by atoms with E-state index < -0.39 is 0 Å². The zero-order valence-electron chi connectivity index (χ0n) is 17.8. The third-order valence-electron chi connectivity index (χ3n) is 6.30. The van der Waals surface area contributed by atoms with Gasteiger partial charge in [0.05, 0.1) is 16.8 Å². The van der Waals surface area contributed by atoms with Gasteiger partial charge < -0.3 is 5.32 Å². The average molecular weight is 454 g/mol. The second-order valence-electron chi connectivity index (χ2n) is 8.60. The summed E-state index contributed by atoms with van der Waals surface area (Å²) in [5.74, 6) is 0.290. The topological polar surface area (TPSA) is 64.0 Å². The van der Waals surface area contributed by atoms with Crippen LogP contribution >= 0.6 is 23.1 Å². The molecule has 2 heterocycles. The van der Waals surface area contributed by atoms with Crippen LogP contribution in [0, 0.1) is 6.92 Å². The SMILES string of the molecule is Cc1ccc(-n2c(SCC(=O)NC3CCCC3)nc3sc4c(c3c2=O)CCCC4)cc1. The Morgan fingerprint density at radius 1 is 1.16 bits per heavy atom. The van der Waals surface area contributed by atoms with Crippen LogP contribution in [-0.4, -0.2) is 27.3 Å². The minimum Gasteiger partial charge on any atom is -0.353 e. The van der Waals surface area contributed by atoms with E-state index >= 15 is 0 Å². The third-order valence-corrected chi connectivity index (χ3v) is 8.43. The molecule has 31 heavy (non-hydrogen) atoms. The maximum atomic E-state index is 13.7. The molecule has 3 aromatic rings. The summed E-state index contributed by atoms with van der Waals surface area (Å²) in [4.78, 5) is 33.3. The Balaban J connectivity index is 1.53. The Labute approximate surface area is 190 Å².